The van der Waals surface area contributed by atoms with Crippen LogP contribution < -0.4 is 19.5 Å². The normalized spacial score (nSPS) is 10.9. The fourth-order valence-corrected chi connectivity index (χ4v) is 3.77. The number of carbonyl (C=O) groups excluding carboxylic acids is 1. The number of amides is 1. The second-order valence-electron chi connectivity index (χ2n) is 7.30. The molecule has 8 nitrogen and oxygen atoms in total. The molecule has 0 aliphatic heterocycles. The molecule has 0 unspecified atom stereocenters. The molecule has 176 valence electrons. The second-order valence-corrected chi connectivity index (χ2v) is 8.36. The van der Waals surface area contributed by atoms with Gasteiger partial charge in [-0.15, -0.1) is 10.2 Å². The van der Waals surface area contributed by atoms with Crippen molar-refractivity contribution in [3.63, 3.8) is 0 Å². The van der Waals surface area contributed by atoms with Crippen LogP contribution in [0, 0.1) is 18.3 Å². The summed E-state index contributed by atoms with van der Waals surface area (Å²) in [6.07, 6.45) is 3.21. The van der Waals surface area contributed by atoms with Gasteiger partial charge in [0.1, 0.15) is 35.6 Å². The smallest absolute Gasteiger partial charge is 0.268 e. The monoisotopic (exact) mass is 478 g/mol. The van der Waals surface area contributed by atoms with E-state index in [9.17, 15) is 10.1 Å². The van der Waals surface area contributed by atoms with E-state index in [1.54, 1.807) is 18.2 Å². The van der Waals surface area contributed by atoms with Crippen molar-refractivity contribution in [3.05, 3.63) is 64.2 Å². The Morgan fingerprint density at radius 2 is 1.88 bits per heavy atom. The van der Waals surface area contributed by atoms with Crippen molar-refractivity contribution in [2.45, 2.75) is 26.7 Å². The van der Waals surface area contributed by atoms with Gasteiger partial charge in [-0.25, -0.2) is 0 Å². The molecule has 1 aromatic heterocycles. The molecule has 0 fully saturated rings. The fraction of sp³-hybridized carbons (Fsp3) is 0.280. The third-order valence-electron chi connectivity index (χ3n) is 4.65. The van der Waals surface area contributed by atoms with Crippen molar-refractivity contribution in [3.8, 4) is 23.3 Å². The van der Waals surface area contributed by atoms with Crippen molar-refractivity contribution in [2.24, 2.45) is 0 Å². The summed E-state index contributed by atoms with van der Waals surface area (Å²) in [6, 6.07) is 14.9. The van der Waals surface area contributed by atoms with Gasteiger partial charge in [-0.05, 0) is 49.2 Å². The van der Waals surface area contributed by atoms with E-state index in [4.69, 9.17) is 14.2 Å². The van der Waals surface area contributed by atoms with Gasteiger partial charge in [0.25, 0.3) is 5.91 Å². The Hall–Kier alpha value is -3.90. The molecule has 34 heavy (non-hydrogen) atoms. The van der Waals surface area contributed by atoms with Gasteiger partial charge < -0.3 is 14.2 Å². The predicted octanol–water partition coefficient (Wildman–Crippen LogP) is 4.81. The number of nitriles is 1. The summed E-state index contributed by atoms with van der Waals surface area (Å²) in [5.41, 5.74) is 1.73. The molecule has 9 heteroatoms. The minimum atomic E-state index is -0.547. The number of nitrogens with one attached hydrogen (secondary N) is 1. The number of methoxy groups -OCH3 is 1. The molecule has 0 aliphatic rings. The molecule has 3 rings (SSSR count). The molecule has 0 aliphatic carbocycles. The van der Waals surface area contributed by atoms with Crippen LogP contribution in [0.5, 0.6) is 17.2 Å². The lowest BCUT2D eigenvalue weighted by Crippen LogP contribution is -2.13. The van der Waals surface area contributed by atoms with Crippen molar-refractivity contribution >= 4 is 28.5 Å². The van der Waals surface area contributed by atoms with Crippen LogP contribution >= 0.6 is 11.3 Å². The molecule has 0 radical (unpaired) electrons. The Labute approximate surface area is 202 Å². The van der Waals surface area contributed by atoms with Crippen LogP contribution in [0.1, 0.15) is 29.5 Å². The highest BCUT2D eigenvalue weighted by Crippen LogP contribution is 2.29. The zero-order valence-corrected chi connectivity index (χ0v) is 20.1. The number of ether oxygens (including phenoxy) is 3. The van der Waals surface area contributed by atoms with E-state index in [0.29, 0.717) is 35.4 Å². The van der Waals surface area contributed by atoms with Crippen LogP contribution in [-0.4, -0.2) is 36.4 Å². The quantitative estimate of drug-likeness (QED) is 0.239. The van der Waals surface area contributed by atoms with Gasteiger partial charge in [-0.2, -0.15) is 5.26 Å². The van der Waals surface area contributed by atoms with E-state index < -0.39 is 5.91 Å². The van der Waals surface area contributed by atoms with E-state index in [-0.39, 0.29) is 5.57 Å². The van der Waals surface area contributed by atoms with Gasteiger partial charge in [-0.3, -0.25) is 10.1 Å². The molecule has 1 heterocycles. The zero-order chi connectivity index (χ0) is 24.3. The van der Waals surface area contributed by atoms with Crippen LogP contribution in [-0.2, 0) is 11.2 Å². The number of benzene rings is 2. The number of rotatable bonds is 11. The lowest BCUT2D eigenvalue weighted by Gasteiger charge is -2.12. The Balaban J connectivity index is 1.61. The zero-order valence-electron chi connectivity index (χ0n) is 19.3. The highest BCUT2D eigenvalue weighted by Gasteiger charge is 2.14. The summed E-state index contributed by atoms with van der Waals surface area (Å²) >= 11 is 1.30. The third-order valence-corrected chi connectivity index (χ3v) is 5.54. The molecular formula is C25H26N4O4S. The first kappa shape index (κ1) is 24.7. The van der Waals surface area contributed by atoms with Gasteiger partial charge in [-0.1, -0.05) is 42.0 Å². The second kappa shape index (κ2) is 12.4. The van der Waals surface area contributed by atoms with Crippen molar-refractivity contribution < 1.29 is 19.0 Å². The van der Waals surface area contributed by atoms with Crippen molar-refractivity contribution in [1.82, 2.24) is 10.2 Å². The number of aromatic nitrogens is 2. The molecule has 0 bridgehead atoms. The van der Waals surface area contributed by atoms with Crippen LogP contribution in [0.25, 0.3) is 6.08 Å². The first-order chi connectivity index (χ1) is 16.5. The van der Waals surface area contributed by atoms with E-state index in [0.717, 1.165) is 23.6 Å². The summed E-state index contributed by atoms with van der Waals surface area (Å²) in [5, 5.41) is 21.3. The summed E-state index contributed by atoms with van der Waals surface area (Å²) in [7, 11) is 1.53. The van der Waals surface area contributed by atoms with Crippen molar-refractivity contribution in [2.75, 3.05) is 25.6 Å². The maximum absolute atomic E-state index is 12.5. The average Bonchev–Trinajstić information content (AvgIpc) is 3.28. The maximum atomic E-state index is 12.5. The number of nitrogens with zero attached hydrogens (tertiary/aromatic N) is 3. The molecule has 0 spiro atoms. The van der Waals surface area contributed by atoms with Crippen LogP contribution in [0.3, 0.4) is 0 Å². The fourth-order valence-electron chi connectivity index (χ4n) is 2.94. The number of hydrogen-bond donors (Lipinski definition) is 1. The van der Waals surface area contributed by atoms with Crippen molar-refractivity contribution in [1.29, 1.82) is 5.26 Å². The highest BCUT2D eigenvalue weighted by atomic mass is 32.1. The Morgan fingerprint density at radius 1 is 1.12 bits per heavy atom. The van der Waals surface area contributed by atoms with E-state index in [2.05, 4.69) is 15.5 Å². The van der Waals surface area contributed by atoms with E-state index in [1.165, 1.54) is 30.1 Å². The molecule has 3 aromatic rings. The molecule has 2 aromatic carbocycles. The topological polar surface area (TPSA) is 106 Å². The molecule has 0 atom stereocenters. The molecular weight excluding hydrogens is 452 g/mol. The summed E-state index contributed by atoms with van der Waals surface area (Å²) < 4.78 is 16.9. The molecule has 1 N–H and O–H groups in total. The van der Waals surface area contributed by atoms with E-state index in [1.807, 2.05) is 44.2 Å². The largest absolute Gasteiger partial charge is 0.493 e. The molecule has 0 saturated carbocycles. The minimum Gasteiger partial charge on any atom is -0.493 e. The van der Waals surface area contributed by atoms with Gasteiger partial charge in [0.05, 0.1) is 7.11 Å². The van der Waals surface area contributed by atoms with Crippen LogP contribution in [0.2, 0.25) is 0 Å². The lowest BCUT2D eigenvalue weighted by molar-refractivity contribution is -0.112. The molecule has 0 saturated heterocycles. The Morgan fingerprint density at radius 3 is 2.59 bits per heavy atom. The van der Waals surface area contributed by atoms with E-state index >= 15 is 0 Å². The Kier molecular flexibility index (Phi) is 9.00. The Bertz CT molecular complexity index is 1180. The first-order valence-corrected chi connectivity index (χ1v) is 11.6. The first-order valence-electron chi connectivity index (χ1n) is 10.8. The highest BCUT2D eigenvalue weighted by molar-refractivity contribution is 7.15. The van der Waals surface area contributed by atoms with Gasteiger partial charge in [0.15, 0.2) is 11.5 Å². The van der Waals surface area contributed by atoms with Crippen LogP contribution in [0.15, 0.2) is 48.0 Å². The summed E-state index contributed by atoms with van der Waals surface area (Å²) in [5.74, 6) is 1.25. The number of aryl methyl sites for hydroxylation is 2. The van der Waals surface area contributed by atoms with Gasteiger partial charge >= 0.3 is 0 Å². The average molecular weight is 479 g/mol. The summed E-state index contributed by atoms with van der Waals surface area (Å²) in [4.78, 5) is 12.5. The number of hydrogen-bond acceptors (Lipinski definition) is 8. The predicted molar refractivity (Wildman–Crippen MR) is 131 cm³/mol. The number of anilines is 1. The third kappa shape index (κ3) is 7.05. The minimum absolute atomic E-state index is 0.0607. The SMILES string of the molecule is CCCc1nnc(NC(=O)C(C#N)=Cc2ccc(OCCOc3ccc(C)cc3)c(OC)c2)s1. The van der Waals surface area contributed by atoms with Crippen LogP contribution in [0.4, 0.5) is 5.13 Å². The standard InChI is InChI=1S/C25H26N4O4S/c1-4-5-23-28-29-25(34-23)27-24(30)19(16-26)14-18-8-11-21(22(15-18)31-3)33-13-12-32-20-9-6-17(2)7-10-20/h6-11,14-15H,4-5,12-13H2,1-3H3,(H,27,29,30). The lowest BCUT2D eigenvalue weighted by atomic mass is 10.1. The van der Waals surface area contributed by atoms with Gasteiger partial charge in [0.2, 0.25) is 5.13 Å². The summed E-state index contributed by atoms with van der Waals surface area (Å²) in [6.45, 7) is 4.76. The molecule has 1 amide bonds. The van der Waals surface area contributed by atoms with Gasteiger partial charge in [0, 0.05) is 6.42 Å². The maximum Gasteiger partial charge on any atom is 0.268 e. The number of carbonyl (C=O) groups is 1.